The number of nitrogens with one attached hydrogen (secondary N) is 1. The van der Waals surface area contributed by atoms with Gasteiger partial charge in [0.05, 0.1) is 11.3 Å². The molecule has 0 saturated heterocycles. The topological polar surface area (TPSA) is 100 Å². The molecule has 2 aromatic heterocycles. The number of benzene rings is 1. The van der Waals surface area contributed by atoms with Crippen LogP contribution in [0.15, 0.2) is 29.1 Å². The lowest BCUT2D eigenvalue weighted by Gasteiger charge is -2.23. The number of aryl methyl sites for hydroxylation is 1. The van der Waals surface area contributed by atoms with E-state index in [1.165, 1.54) is 18.6 Å². The van der Waals surface area contributed by atoms with Gasteiger partial charge in [0, 0.05) is 11.5 Å². The Kier molecular flexibility index (Phi) is 3.63. The lowest BCUT2D eigenvalue weighted by molar-refractivity contribution is 0.0697. The number of hydrogen-bond donors (Lipinski definition) is 2. The highest BCUT2D eigenvalue weighted by atomic mass is 16.4. The second-order valence-electron chi connectivity index (χ2n) is 6.34. The number of carboxylic acids is 1. The van der Waals surface area contributed by atoms with E-state index in [1.54, 1.807) is 16.6 Å². The van der Waals surface area contributed by atoms with Gasteiger partial charge in [-0.1, -0.05) is 25.5 Å². The number of hydrogen-bond acceptors (Lipinski definition) is 4. The normalized spacial score (nSPS) is 14.6. The molecule has 0 bridgehead atoms. The van der Waals surface area contributed by atoms with Gasteiger partial charge in [-0.2, -0.15) is 0 Å². The van der Waals surface area contributed by atoms with Gasteiger partial charge in [0.1, 0.15) is 5.82 Å². The molecule has 1 fully saturated rings. The molecule has 7 heteroatoms. The summed E-state index contributed by atoms with van der Waals surface area (Å²) in [5.74, 6) is 0.630. The van der Waals surface area contributed by atoms with E-state index in [1.807, 2.05) is 6.92 Å². The van der Waals surface area contributed by atoms with Gasteiger partial charge in [0.15, 0.2) is 11.3 Å². The predicted molar refractivity (Wildman–Crippen MR) is 92.0 cm³/mol. The van der Waals surface area contributed by atoms with Gasteiger partial charge in [-0.25, -0.2) is 14.3 Å². The number of aromatic nitrogens is 4. The van der Waals surface area contributed by atoms with Crippen LogP contribution in [0.1, 0.15) is 54.0 Å². The van der Waals surface area contributed by atoms with Crippen molar-refractivity contribution in [3.63, 3.8) is 0 Å². The average Bonchev–Trinajstić information content (AvgIpc) is 2.92. The molecule has 128 valence electrons. The highest BCUT2D eigenvalue weighted by Gasteiger charge is 2.27. The number of H-pyrrole nitrogens is 1. The number of aromatic amines is 1. The largest absolute Gasteiger partial charge is 0.478 e. The molecule has 25 heavy (non-hydrogen) atoms. The minimum atomic E-state index is -0.988. The molecule has 3 aromatic rings. The zero-order valence-corrected chi connectivity index (χ0v) is 13.8. The Bertz CT molecular complexity index is 1010. The molecule has 1 aliphatic rings. The molecule has 0 unspecified atom stereocenters. The van der Waals surface area contributed by atoms with E-state index in [9.17, 15) is 9.59 Å². The summed E-state index contributed by atoms with van der Waals surface area (Å²) in [4.78, 5) is 31.1. The van der Waals surface area contributed by atoms with E-state index < -0.39 is 5.97 Å². The molecule has 1 saturated carbocycles. The second kappa shape index (κ2) is 5.84. The summed E-state index contributed by atoms with van der Waals surface area (Å²) in [5, 5.41) is 13.6. The van der Waals surface area contributed by atoms with Crippen molar-refractivity contribution in [1.82, 2.24) is 19.6 Å². The Balaban J connectivity index is 1.88. The van der Waals surface area contributed by atoms with Crippen LogP contribution in [-0.2, 0) is 6.42 Å². The Morgan fingerprint density at radius 3 is 2.60 bits per heavy atom. The van der Waals surface area contributed by atoms with Gasteiger partial charge in [0.2, 0.25) is 0 Å². The molecule has 0 atom stereocenters. The lowest BCUT2D eigenvalue weighted by Crippen LogP contribution is -2.18. The maximum Gasteiger partial charge on any atom is 0.335 e. The van der Waals surface area contributed by atoms with Gasteiger partial charge in [0.25, 0.3) is 5.56 Å². The quantitative estimate of drug-likeness (QED) is 0.761. The first kappa shape index (κ1) is 15.6. The predicted octanol–water partition coefficient (Wildman–Crippen LogP) is 2.61. The molecule has 4 rings (SSSR count). The van der Waals surface area contributed by atoms with Crippen LogP contribution in [0.4, 0.5) is 0 Å². The van der Waals surface area contributed by atoms with Gasteiger partial charge >= 0.3 is 5.97 Å². The third-order valence-corrected chi connectivity index (χ3v) is 4.81. The van der Waals surface area contributed by atoms with Crippen LogP contribution in [0.2, 0.25) is 0 Å². The van der Waals surface area contributed by atoms with Crippen LogP contribution >= 0.6 is 0 Å². The second-order valence-corrected chi connectivity index (χ2v) is 6.34. The van der Waals surface area contributed by atoms with Gasteiger partial charge in [-0.15, -0.1) is 5.10 Å². The van der Waals surface area contributed by atoms with Crippen LogP contribution in [0.3, 0.4) is 0 Å². The number of imidazole rings is 1. The minimum absolute atomic E-state index is 0.193. The van der Waals surface area contributed by atoms with Crippen molar-refractivity contribution in [2.24, 2.45) is 0 Å². The molecule has 0 spiro atoms. The first-order valence-corrected chi connectivity index (χ1v) is 8.44. The molecule has 0 amide bonds. The number of nitrogens with zero attached hydrogens (tertiary/aromatic N) is 3. The first-order valence-electron chi connectivity index (χ1n) is 8.44. The summed E-state index contributed by atoms with van der Waals surface area (Å²) in [5.41, 5.74) is 1.91. The average molecular weight is 338 g/mol. The number of aromatic carboxylic acids is 1. The Labute approximate surface area is 143 Å². The monoisotopic (exact) mass is 338 g/mol. The third-order valence-electron chi connectivity index (χ3n) is 4.81. The van der Waals surface area contributed by atoms with Crippen molar-refractivity contribution in [3.8, 4) is 11.4 Å². The molecule has 2 heterocycles. The summed E-state index contributed by atoms with van der Waals surface area (Å²) >= 11 is 0. The van der Waals surface area contributed by atoms with Gasteiger partial charge in [-0.05, 0) is 31.4 Å². The molecular weight excluding hydrogens is 320 g/mol. The number of carboxylic acid groups (broad SMARTS) is 1. The maximum absolute atomic E-state index is 12.6. The SMILES string of the molecule is CCc1nc(C2CCC2)n2nc(-c3ccc(C(=O)O)cc3)[nH]c(=O)c12. The molecule has 1 aliphatic carbocycles. The lowest BCUT2D eigenvalue weighted by atomic mass is 9.85. The van der Waals surface area contributed by atoms with Crippen LogP contribution in [0, 0.1) is 0 Å². The highest BCUT2D eigenvalue weighted by Crippen LogP contribution is 2.36. The van der Waals surface area contributed by atoms with Crippen LogP contribution in [0.25, 0.3) is 16.9 Å². The molecule has 0 aliphatic heterocycles. The summed E-state index contributed by atoms with van der Waals surface area (Å²) in [6, 6.07) is 6.29. The van der Waals surface area contributed by atoms with E-state index in [2.05, 4.69) is 15.1 Å². The number of carbonyl (C=O) groups is 1. The van der Waals surface area contributed by atoms with E-state index in [4.69, 9.17) is 5.11 Å². The van der Waals surface area contributed by atoms with Crippen LogP contribution in [-0.4, -0.2) is 30.7 Å². The van der Waals surface area contributed by atoms with Gasteiger partial charge < -0.3 is 10.1 Å². The van der Waals surface area contributed by atoms with Crippen molar-refractivity contribution in [1.29, 1.82) is 0 Å². The van der Waals surface area contributed by atoms with Crippen molar-refractivity contribution in [2.45, 2.75) is 38.5 Å². The van der Waals surface area contributed by atoms with Crippen LogP contribution in [0.5, 0.6) is 0 Å². The molecule has 1 aromatic carbocycles. The number of fused-ring (bicyclic) bond motifs is 1. The fourth-order valence-electron chi connectivity index (χ4n) is 3.17. The molecular formula is C18H18N4O3. The molecule has 0 radical (unpaired) electrons. The Morgan fingerprint density at radius 1 is 1.32 bits per heavy atom. The highest BCUT2D eigenvalue weighted by molar-refractivity contribution is 5.88. The summed E-state index contributed by atoms with van der Waals surface area (Å²) in [6.07, 6.45) is 3.99. The third kappa shape index (κ3) is 2.52. The van der Waals surface area contributed by atoms with E-state index in [0.29, 0.717) is 29.2 Å². The first-order chi connectivity index (χ1) is 12.1. The van der Waals surface area contributed by atoms with E-state index in [-0.39, 0.29) is 11.1 Å². The van der Waals surface area contributed by atoms with Crippen molar-refractivity contribution in [3.05, 3.63) is 51.7 Å². The summed E-state index contributed by atoms with van der Waals surface area (Å²) in [7, 11) is 0. The van der Waals surface area contributed by atoms with E-state index >= 15 is 0 Å². The van der Waals surface area contributed by atoms with Gasteiger partial charge in [-0.3, -0.25) is 4.79 Å². The Morgan fingerprint density at radius 2 is 2.04 bits per heavy atom. The number of rotatable bonds is 4. The zero-order chi connectivity index (χ0) is 17.6. The summed E-state index contributed by atoms with van der Waals surface area (Å²) < 4.78 is 1.68. The standard InChI is InChI=1S/C18H18N4O3/c1-2-13-14-17(23)20-15(10-6-8-12(9-7-10)18(24)25)21-22(14)16(19-13)11-4-3-5-11/h6-9,11H,2-5H2,1H3,(H,24,25)(H,20,21,23). The smallest absolute Gasteiger partial charge is 0.335 e. The fourth-order valence-corrected chi connectivity index (χ4v) is 3.17. The minimum Gasteiger partial charge on any atom is -0.478 e. The fraction of sp³-hybridized carbons (Fsp3) is 0.333. The molecule has 7 nitrogen and oxygen atoms in total. The van der Waals surface area contributed by atoms with Crippen molar-refractivity contribution in [2.75, 3.05) is 0 Å². The van der Waals surface area contributed by atoms with Crippen molar-refractivity contribution >= 4 is 11.5 Å². The van der Waals surface area contributed by atoms with Crippen LogP contribution < -0.4 is 5.56 Å². The summed E-state index contributed by atoms with van der Waals surface area (Å²) in [6.45, 7) is 1.98. The maximum atomic E-state index is 12.6. The van der Waals surface area contributed by atoms with E-state index in [0.717, 1.165) is 24.4 Å². The van der Waals surface area contributed by atoms with Crippen molar-refractivity contribution < 1.29 is 9.90 Å². The molecule has 2 N–H and O–H groups in total. The Hall–Kier alpha value is -2.96. The zero-order valence-electron chi connectivity index (χ0n) is 13.8.